The van der Waals surface area contributed by atoms with Gasteiger partial charge in [0.1, 0.15) is 5.76 Å². The first kappa shape index (κ1) is 12.1. The van der Waals surface area contributed by atoms with Gasteiger partial charge in [0.2, 0.25) is 0 Å². The Morgan fingerprint density at radius 2 is 2.00 bits per heavy atom. The summed E-state index contributed by atoms with van der Waals surface area (Å²) in [4.78, 5) is 3.55. The van der Waals surface area contributed by atoms with E-state index in [1.165, 1.54) is 22.5 Å². The van der Waals surface area contributed by atoms with Crippen molar-refractivity contribution in [2.75, 3.05) is 7.11 Å². The average Bonchev–Trinajstić information content (AvgIpc) is 2.89. The number of fused-ring (bicyclic) bond motifs is 1. The Kier molecular flexibility index (Phi) is 3.41. The summed E-state index contributed by atoms with van der Waals surface area (Å²) in [6.07, 6.45) is 6.46. The van der Waals surface area contributed by atoms with Crippen molar-refractivity contribution in [2.24, 2.45) is 0 Å². The lowest BCUT2D eigenvalue weighted by molar-refractivity contribution is 0.366. The molecule has 0 bridgehead atoms. The summed E-state index contributed by atoms with van der Waals surface area (Å²) in [7, 11) is 1.75. The molecule has 3 rings (SSSR count). The van der Waals surface area contributed by atoms with Gasteiger partial charge in [-0.25, -0.2) is 0 Å². The van der Waals surface area contributed by atoms with Crippen LogP contribution < -0.4 is 0 Å². The van der Waals surface area contributed by atoms with E-state index in [0.717, 1.165) is 31.4 Å². The Bertz CT molecular complexity index is 581. The zero-order valence-corrected chi connectivity index (χ0v) is 11.3. The van der Waals surface area contributed by atoms with Crippen LogP contribution in [-0.2, 0) is 24.0 Å². The van der Waals surface area contributed by atoms with Gasteiger partial charge in [-0.1, -0.05) is 30.3 Å². The summed E-state index contributed by atoms with van der Waals surface area (Å²) in [6.45, 7) is 0. The third-order valence-corrected chi connectivity index (χ3v) is 3.69. The summed E-state index contributed by atoms with van der Waals surface area (Å²) in [5.74, 6) is 1.02. The van der Waals surface area contributed by atoms with Crippen molar-refractivity contribution in [3.05, 3.63) is 65.0 Å². The van der Waals surface area contributed by atoms with E-state index in [1.807, 2.05) is 0 Å². The van der Waals surface area contributed by atoms with Gasteiger partial charge in [-0.15, -0.1) is 0 Å². The summed E-state index contributed by atoms with van der Waals surface area (Å²) < 4.78 is 5.43. The molecule has 2 heteroatoms. The van der Waals surface area contributed by atoms with E-state index in [-0.39, 0.29) is 0 Å². The average molecular weight is 253 g/mol. The van der Waals surface area contributed by atoms with Crippen LogP contribution in [0, 0.1) is 0 Å². The molecule has 2 aromatic rings. The monoisotopic (exact) mass is 253 g/mol. The van der Waals surface area contributed by atoms with Crippen molar-refractivity contribution >= 4 is 5.76 Å². The zero-order chi connectivity index (χ0) is 13.1. The van der Waals surface area contributed by atoms with E-state index < -0.39 is 0 Å². The standard InChI is InChI=1S/C17H19NO/c1-19-17-9-5-8-16-15(17)12-14(18-16)11-10-13-6-3-2-4-7-13/h2-4,6-7,9,12,18H,5,8,10-11H2,1H3. The highest BCUT2D eigenvalue weighted by atomic mass is 16.5. The first-order chi connectivity index (χ1) is 9.36. The zero-order valence-electron chi connectivity index (χ0n) is 11.3. The molecular weight excluding hydrogens is 234 g/mol. The molecule has 0 amide bonds. The van der Waals surface area contributed by atoms with E-state index in [2.05, 4.69) is 47.5 Å². The Morgan fingerprint density at radius 1 is 1.16 bits per heavy atom. The lowest BCUT2D eigenvalue weighted by atomic mass is 10.0. The molecule has 1 aliphatic rings. The molecule has 1 aliphatic carbocycles. The van der Waals surface area contributed by atoms with Crippen LogP contribution in [0.15, 0.2) is 42.5 Å². The molecule has 2 nitrogen and oxygen atoms in total. The minimum Gasteiger partial charge on any atom is -0.496 e. The second kappa shape index (κ2) is 5.35. The normalized spacial score (nSPS) is 13.8. The van der Waals surface area contributed by atoms with Crippen LogP contribution in [0.4, 0.5) is 0 Å². The number of hydrogen-bond acceptors (Lipinski definition) is 1. The topological polar surface area (TPSA) is 25.0 Å². The fourth-order valence-electron chi connectivity index (χ4n) is 2.68. The fraction of sp³-hybridized carbons (Fsp3) is 0.294. The van der Waals surface area contributed by atoms with Gasteiger partial charge < -0.3 is 9.72 Å². The van der Waals surface area contributed by atoms with Gasteiger partial charge in [0.25, 0.3) is 0 Å². The van der Waals surface area contributed by atoms with Crippen molar-refractivity contribution in [3.63, 3.8) is 0 Å². The number of allylic oxidation sites excluding steroid dienone is 1. The van der Waals surface area contributed by atoms with E-state index in [4.69, 9.17) is 4.74 Å². The molecule has 98 valence electrons. The number of H-pyrrole nitrogens is 1. The molecular formula is C17H19NO. The van der Waals surface area contributed by atoms with Crippen molar-refractivity contribution in [1.29, 1.82) is 0 Å². The number of nitrogens with one attached hydrogen (secondary N) is 1. The summed E-state index contributed by atoms with van der Waals surface area (Å²) in [5, 5.41) is 0. The highest BCUT2D eigenvalue weighted by Crippen LogP contribution is 2.27. The number of ether oxygens (including phenoxy) is 1. The Hall–Kier alpha value is -1.96. The van der Waals surface area contributed by atoms with E-state index in [9.17, 15) is 0 Å². The first-order valence-electron chi connectivity index (χ1n) is 6.86. The fourth-order valence-corrected chi connectivity index (χ4v) is 2.68. The number of benzene rings is 1. The van der Waals surface area contributed by atoms with Gasteiger partial charge in [-0.3, -0.25) is 0 Å². The van der Waals surface area contributed by atoms with Crippen molar-refractivity contribution in [1.82, 2.24) is 4.98 Å². The quantitative estimate of drug-likeness (QED) is 0.882. The van der Waals surface area contributed by atoms with Crippen molar-refractivity contribution < 1.29 is 4.74 Å². The summed E-state index contributed by atoms with van der Waals surface area (Å²) >= 11 is 0. The Labute approximate surface area is 114 Å². The molecule has 0 saturated carbocycles. The lowest BCUT2D eigenvalue weighted by Crippen LogP contribution is -1.98. The number of aromatic nitrogens is 1. The highest BCUT2D eigenvalue weighted by Gasteiger charge is 2.16. The second-order valence-corrected chi connectivity index (χ2v) is 4.98. The molecule has 0 fully saturated rings. The molecule has 1 N–H and O–H groups in total. The maximum Gasteiger partial charge on any atom is 0.123 e. The number of methoxy groups -OCH3 is 1. The third-order valence-electron chi connectivity index (χ3n) is 3.69. The largest absolute Gasteiger partial charge is 0.496 e. The van der Waals surface area contributed by atoms with Crippen LogP contribution in [0.5, 0.6) is 0 Å². The number of hydrogen-bond donors (Lipinski definition) is 1. The van der Waals surface area contributed by atoms with Crippen LogP contribution in [0.1, 0.15) is 28.9 Å². The van der Waals surface area contributed by atoms with Crippen LogP contribution in [-0.4, -0.2) is 12.1 Å². The lowest BCUT2D eigenvalue weighted by Gasteiger charge is -2.11. The summed E-state index contributed by atoms with van der Waals surface area (Å²) in [5.41, 5.74) is 5.26. The minimum atomic E-state index is 1.02. The van der Waals surface area contributed by atoms with Gasteiger partial charge in [0, 0.05) is 17.0 Å². The maximum atomic E-state index is 5.43. The molecule has 1 aromatic carbocycles. The predicted octanol–water partition coefficient (Wildman–Crippen LogP) is 3.73. The minimum absolute atomic E-state index is 1.02. The molecule has 0 aliphatic heterocycles. The maximum absolute atomic E-state index is 5.43. The summed E-state index contributed by atoms with van der Waals surface area (Å²) in [6, 6.07) is 12.9. The molecule has 19 heavy (non-hydrogen) atoms. The van der Waals surface area contributed by atoms with Crippen molar-refractivity contribution in [2.45, 2.75) is 25.7 Å². The number of rotatable bonds is 4. The molecule has 1 aromatic heterocycles. The molecule has 1 heterocycles. The number of aromatic amines is 1. The van der Waals surface area contributed by atoms with E-state index in [0.29, 0.717) is 0 Å². The molecule has 0 spiro atoms. The molecule has 0 atom stereocenters. The third kappa shape index (κ3) is 2.58. The molecule has 0 unspecified atom stereocenters. The van der Waals surface area contributed by atoms with Crippen LogP contribution in [0.3, 0.4) is 0 Å². The van der Waals surface area contributed by atoms with Gasteiger partial charge in [0.05, 0.1) is 7.11 Å². The first-order valence-corrected chi connectivity index (χ1v) is 6.86. The van der Waals surface area contributed by atoms with Crippen molar-refractivity contribution in [3.8, 4) is 0 Å². The van der Waals surface area contributed by atoms with Gasteiger partial charge in [-0.05, 0) is 43.4 Å². The highest BCUT2D eigenvalue weighted by molar-refractivity contribution is 5.64. The molecule has 0 saturated heterocycles. The van der Waals surface area contributed by atoms with E-state index in [1.54, 1.807) is 7.11 Å². The SMILES string of the molecule is COC1=CCCc2[nH]c(CCc3ccccc3)cc21. The Balaban J connectivity index is 1.73. The van der Waals surface area contributed by atoms with Gasteiger partial charge in [-0.2, -0.15) is 0 Å². The molecule has 0 radical (unpaired) electrons. The van der Waals surface area contributed by atoms with Gasteiger partial charge in [0.15, 0.2) is 0 Å². The smallest absolute Gasteiger partial charge is 0.123 e. The van der Waals surface area contributed by atoms with Crippen LogP contribution in [0.25, 0.3) is 5.76 Å². The number of aryl methyl sites for hydroxylation is 3. The van der Waals surface area contributed by atoms with E-state index >= 15 is 0 Å². The van der Waals surface area contributed by atoms with Crippen LogP contribution in [0.2, 0.25) is 0 Å². The van der Waals surface area contributed by atoms with Crippen LogP contribution >= 0.6 is 0 Å². The second-order valence-electron chi connectivity index (χ2n) is 4.98. The van der Waals surface area contributed by atoms with Gasteiger partial charge >= 0.3 is 0 Å². The predicted molar refractivity (Wildman–Crippen MR) is 77.9 cm³/mol. The Morgan fingerprint density at radius 3 is 2.79 bits per heavy atom.